The molecule has 0 unspecified atom stereocenters. The lowest BCUT2D eigenvalue weighted by atomic mass is 10.1. The summed E-state index contributed by atoms with van der Waals surface area (Å²) in [6.45, 7) is 4.04. The third-order valence-corrected chi connectivity index (χ3v) is 7.04. The van der Waals surface area contributed by atoms with Gasteiger partial charge in [0.05, 0.1) is 31.0 Å². The Bertz CT molecular complexity index is 1530. The molecule has 2 heterocycles. The number of pyridine rings is 1. The van der Waals surface area contributed by atoms with Crippen molar-refractivity contribution >= 4 is 70.6 Å². The van der Waals surface area contributed by atoms with Gasteiger partial charge in [-0.1, -0.05) is 29.8 Å². The lowest BCUT2D eigenvalue weighted by molar-refractivity contribution is -0.385. The fourth-order valence-electron chi connectivity index (χ4n) is 3.30. The number of benzene rings is 2. The Balaban J connectivity index is 1.69. The third kappa shape index (κ3) is 5.55. The molecule has 9 nitrogen and oxygen atoms in total. The van der Waals surface area contributed by atoms with Crippen molar-refractivity contribution in [3.05, 3.63) is 93.9 Å². The number of fused-ring (bicyclic) bond motifs is 1. The van der Waals surface area contributed by atoms with Crippen molar-refractivity contribution in [3.8, 4) is 11.6 Å². The van der Waals surface area contributed by atoms with E-state index >= 15 is 0 Å². The van der Waals surface area contributed by atoms with Crippen molar-refractivity contribution in [1.29, 1.82) is 0 Å². The molecule has 12 heteroatoms. The van der Waals surface area contributed by atoms with Gasteiger partial charge in [0.2, 0.25) is 5.88 Å². The van der Waals surface area contributed by atoms with E-state index in [1.807, 2.05) is 26.0 Å². The van der Waals surface area contributed by atoms with Crippen LogP contribution in [0.25, 0.3) is 10.9 Å². The summed E-state index contributed by atoms with van der Waals surface area (Å²) in [4.78, 5) is 32.3. The highest BCUT2D eigenvalue weighted by Gasteiger charge is 2.16. The fraction of sp³-hybridized carbons (Fsp3) is 0.167. The molecule has 0 radical (unpaired) electrons. The molecule has 0 aliphatic heterocycles. The molecule has 36 heavy (non-hydrogen) atoms. The molecule has 4 aromatic rings. The summed E-state index contributed by atoms with van der Waals surface area (Å²) in [7, 11) is 0. The Morgan fingerprint density at radius 1 is 1.17 bits per heavy atom. The van der Waals surface area contributed by atoms with Crippen molar-refractivity contribution < 1.29 is 9.66 Å². The van der Waals surface area contributed by atoms with Crippen LogP contribution in [0.5, 0.6) is 11.6 Å². The minimum Gasteiger partial charge on any atom is -0.437 e. The molecule has 0 fully saturated rings. The second kappa shape index (κ2) is 11.0. The minimum absolute atomic E-state index is 0.0198. The maximum absolute atomic E-state index is 13.3. The van der Waals surface area contributed by atoms with E-state index in [4.69, 9.17) is 9.72 Å². The number of nitrogens with zero attached hydrogens (tertiary/aromatic N) is 5. The van der Waals surface area contributed by atoms with Gasteiger partial charge in [0.15, 0.2) is 5.75 Å². The number of hydrogen-bond acceptors (Lipinski definition) is 7. The lowest BCUT2D eigenvalue weighted by Crippen LogP contribution is -2.23. The Hall–Kier alpha value is -2.96. The summed E-state index contributed by atoms with van der Waals surface area (Å²) < 4.78 is 9.10. The SMILES string of the molecule is CC[C@H](C)c1nc2ccc(Br)cc2c(=O)n1N=Cc1cc(Br)c(Oc2ccc([N+](=O)[O-])cn2)c(Br)c1. The summed E-state index contributed by atoms with van der Waals surface area (Å²) in [6.07, 6.45) is 3.49. The Labute approximate surface area is 230 Å². The van der Waals surface area contributed by atoms with Gasteiger partial charge in [0.1, 0.15) is 12.0 Å². The van der Waals surface area contributed by atoms with E-state index in [0.717, 1.165) is 17.1 Å². The van der Waals surface area contributed by atoms with Crippen LogP contribution in [-0.4, -0.2) is 25.8 Å². The highest BCUT2D eigenvalue weighted by Crippen LogP contribution is 2.37. The predicted octanol–water partition coefficient (Wildman–Crippen LogP) is 7.18. The van der Waals surface area contributed by atoms with E-state index in [2.05, 4.69) is 57.9 Å². The van der Waals surface area contributed by atoms with Gasteiger partial charge in [-0.25, -0.2) is 9.97 Å². The normalized spacial score (nSPS) is 12.2. The number of aromatic nitrogens is 3. The number of ether oxygens (including phenoxy) is 1. The first-order valence-electron chi connectivity index (χ1n) is 10.7. The van der Waals surface area contributed by atoms with Crippen LogP contribution in [0, 0.1) is 10.1 Å². The predicted molar refractivity (Wildman–Crippen MR) is 148 cm³/mol. The Morgan fingerprint density at radius 2 is 1.89 bits per heavy atom. The molecule has 0 spiro atoms. The molecular weight excluding hydrogens is 662 g/mol. The standard InChI is InChI=1S/C24H18Br3N5O4/c1-3-13(2)23-30-20-6-4-15(25)10-17(20)24(33)31(23)29-11-14-8-18(26)22(19(27)9-14)36-21-7-5-16(12-28-21)32(34)35/h4-13H,3H2,1-2H3/t13-/m0/s1. The van der Waals surface area contributed by atoms with Crippen molar-refractivity contribution in [2.45, 2.75) is 26.2 Å². The fourth-order valence-corrected chi connectivity index (χ4v) is 5.05. The largest absolute Gasteiger partial charge is 0.437 e. The summed E-state index contributed by atoms with van der Waals surface area (Å²) >= 11 is 10.4. The molecule has 1 atom stereocenters. The Kier molecular flexibility index (Phi) is 7.96. The molecule has 2 aromatic carbocycles. The van der Waals surface area contributed by atoms with Gasteiger partial charge in [-0.15, -0.1) is 0 Å². The number of rotatable bonds is 7. The monoisotopic (exact) mass is 677 g/mol. The van der Waals surface area contributed by atoms with E-state index in [1.54, 1.807) is 24.4 Å². The maximum atomic E-state index is 13.3. The zero-order valence-electron chi connectivity index (χ0n) is 19.0. The lowest BCUT2D eigenvalue weighted by Gasteiger charge is -2.14. The number of halogens is 3. The summed E-state index contributed by atoms with van der Waals surface area (Å²) in [5, 5.41) is 15.8. The van der Waals surface area contributed by atoms with Crippen LogP contribution >= 0.6 is 47.8 Å². The van der Waals surface area contributed by atoms with Crippen LogP contribution in [0.3, 0.4) is 0 Å². The molecule has 0 saturated heterocycles. The van der Waals surface area contributed by atoms with Gasteiger partial charge < -0.3 is 4.74 Å². The molecule has 2 aromatic heterocycles. The minimum atomic E-state index is -0.529. The van der Waals surface area contributed by atoms with Gasteiger partial charge in [-0.3, -0.25) is 14.9 Å². The third-order valence-electron chi connectivity index (χ3n) is 5.37. The second-order valence-electron chi connectivity index (χ2n) is 7.83. The quantitative estimate of drug-likeness (QED) is 0.116. The van der Waals surface area contributed by atoms with Crippen molar-refractivity contribution in [2.24, 2.45) is 5.10 Å². The van der Waals surface area contributed by atoms with Crippen molar-refractivity contribution in [2.75, 3.05) is 0 Å². The molecule has 0 bridgehead atoms. The Morgan fingerprint density at radius 3 is 2.50 bits per heavy atom. The highest BCUT2D eigenvalue weighted by atomic mass is 79.9. The zero-order valence-corrected chi connectivity index (χ0v) is 23.7. The van der Waals surface area contributed by atoms with Gasteiger partial charge in [0, 0.05) is 22.5 Å². The van der Waals surface area contributed by atoms with Crippen LogP contribution in [0.4, 0.5) is 5.69 Å². The number of nitro groups is 1. The first-order valence-corrected chi connectivity index (χ1v) is 13.1. The molecule has 0 saturated carbocycles. The molecular formula is C24H18Br3N5O4. The van der Waals surface area contributed by atoms with Crippen LogP contribution in [0.2, 0.25) is 0 Å². The molecule has 0 aliphatic carbocycles. The highest BCUT2D eigenvalue weighted by molar-refractivity contribution is 9.11. The van der Waals surface area contributed by atoms with Gasteiger partial charge in [0.25, 0.3) is 11.2 Å². The smallest absolute Gasteiger partial charge is 0.287 e. The van der Waals surface area contributed by atoms with Crippen LogP contribution in [0.15, 0.2) is 72.0 Å². The van der Waals surface area contributed by atoms with Gasteiger partial charge >= 0.3 is 0 Å². The van der Waals surface area contributed by atoms with Crippen molar-refractivity contribution in [1.82, 2.24) is 14.6 Å². The average molecular weight is 680 g/mol. The summed E-state index contributed by atoms with van der Waals surface area (Å²) in [5.41, 5.74) is 0.927. The zero-order chi connectivity index (χ0) is 26.0. The van der Waals surface area contributed by atoms with E-state index in [9.17, 15) is 14.9 Å². The summed E-state index contributed by atoms with van der Waals surface area (Å²) in [5.74, 6) is 1.23. The van der Waals surface area contributed by atoms with E-state index in [1.165, 1.54) is 16.8 Å². The first-order chi connectivity index (χ1) is 17.2. The van der Waals surface area contributed by atoms with Crippen molar-refractivity contribution in [3.63, 3.8) is 0 Å². The van der Waals surface area contributed by atoms with Crippen LogP contribution in [-0.2, 0) is 0 Å². The molecule has 0 aliphatic rings. The molecule has 0 N–H and O–H groups in total. The first kappa shape index (κ1) is 26.1. The summed E-state index contributed by atoms with van der Waals surface area (Å²) in [6, 6.07) is 11.7. The topological polar surface area (TPSA) is 113 Å². The maximum Gasteiger partial charge on any atom is 0.287 e. The van der Waals surface area contributed by atoms with E-state index in [0.29, 0.717) is 37.0 Å². The molecule has 0 amide bonds. The van der Waals surface area contributed by atoms with Crippen LogP contribution < -0.4 is 10.3 Å². The number of hydrogen-bond donors (Lipinski definition) is 0. The van der Waals surface area contributed by atoms with Crippen LogP contribution in [0.1, 0.15) is 37.6 Å². The van der Waals surface area contributed by atoms with Gasteiger partial charge in [-0.2, -0.15) is 9.78 Å². The second-order valence-corrected chi connectivity index (χ2v) is 10.5. The molecule has 184 valence electrons. The average Bonchev–Trinajstić information content (AvgIpc) is 2.85. The van der Waals surface area contributed by atoms with E-state index < -0.39 is 4.92 Å². The van der Waals surface area contributed by atoms with Gasteiger partial charge in [-0.05, 0) is 74.2 Å². The molecule has 4 rings (SSSR count). The van der Waals surface area contributed by atoms with E-state index in [-0.39, 0.29) is 23.0 Å².